The van der Waals surface area contributed by atoms with Crippen molar-refractivity contribution < 1.29 is 19.1 Å². The van der Waals surface area contributed by atoms with Gasteiger partial charge in [-0.2, -0.15) is 0 Å². The van der Waals surface area contributed by atoms with Gasteiger partial charge in [0, 0.05) is 6.54 Å². The van der Waals surface area contributed by atoms with Gasteiger partial charge in [0.15, 0.2) is 11.5 Å². The third-order valence-electron chi connectivity index (χ3n) is 4.88. The predicted octanol–water partition coefficient (Wildman–Crippen LogP) is 3.78. The Bertz CT molecular complexity index is 1110. The molecule has 0 atom stereocenters. The number of amides is 2. The largest absolute Gasteiger partial charge is 0.497 e. The van der Waals surface area contributed by atoms with Gasteiger partial charge in [-0.25, -0.2) is 0 Å². The molecule has 0 bridgehead atoms. The third kappa shape index (κ3) is 4.75. The Balaban J connectivity index is 1.54. The molecule has 3 aromatic carbocycles. The molecular weight excluding hydrogens is 392 g/mol. The van der Waals surface area contributed by atoms with E-state index in [9.17, 15) is 9.59 Å². The van der Waals surface area contributed by atoms with Crippen molar-refractivity contribution in [3.8, 4) is 11.5 Å². The lowest BCUT2D eigenvalue weighted by Gasteiger charge is -2.30. The Morgan fingerprint density at radius 2 is 1.71 bits per heavy atom. The van der Waals surface area contributed by atoms with Crippen molar-refractivity contribution in [1.82, 2.24) is 5.32 Å². The van der Waals surface area contributed by atoms with Gasteiger partial charge < -0.3 is 14.8 Å². The number of carbonyl (C=O) groups excluding carboxylic acids is 2. The van der Waals surface area contributed by atoms with Crippen molar-refractivity contribution in [3.63, 3.8) is 0 Å². The van der Waals surface area contributed by atoms with E-state index in [0.717, 1.165) is 16.9 Å². The molecule has 1 aliphatic heterocycles. The van der Waals surface area contributed by atoms with Gasteiger partial charge in [0.1, 0.15) is 12.3 Å². The van der Waals surface area contributed by atoms with Crippen LogP contribution in [-0.2, 0) is 16.1 Å². The predicted molar refractivity (Wildman–Crippen MR) is 119 cm³/mol. The Morgan fingerprint density at radius 1 is 1.00 bits per heavy atom. The number of nitrogens with zero attached hydrogens (tertiary/aromatic N) is 1. The minimum atomic E-state index is -0.371. The average Bonchev–Trinajstić information content (AvgIpc) is 2.81. The van der Waals surface area contributed by atoms with Gasteiger partial charge in [-0.15, -0.1) is 0 Å². The topological polar surface area (TPSA) is 67.9 Å². The Morgan fingerprint density at radius 3 is 2.45 bits per heavy atom. The van der Waals surface area contributed by atoms with Crippen LogP contribution in [0.15, 0.2) is 84.6 Å². The van der Waals surface area contributed by atoms with E-state index in [2.05, 4.69) is 5.32 Å². The summed E-state index contributed by atoms with van der Waals surface area (Å²) in [5, 5.41) is 2.87. The van der Waals surface area contributed by atoms with Gasteiger partial charge in [-0.1, -0.05) is 54.6 Å². The number of methoxy groups -OCH3 is 1. The number of para-hydroxylation sites is 2. The van der Waals surface area contributed by atoms with E-state index < -0.39 is 0 Å². The van der Waals surface area contributed by atoms with Crippen molar-refractivity contribution >= 4 is 23.6 Å². The van der Waals surface area contributed by atoms with Gasteiger partial charge in [0.25, 0.3) is 5.91 Å². The maximum atomic E-state index is 13.2. The molecule has 0 radical (unpaired) electrons. The Labute approximate surface area is 180 Å². The molecule has 0 aromatic heterocycles. The van der Waals surface area contributed by atoms with Gasteiger partial charge in [-0.3, -0.25) is 14.5 Å². The molecule has 0 saturated carbocycles. The van der Waals surface area contributed by atoms with Crippen LogP contribution in [0.3, 0.4) is 0 Å². The van der Waals surface area contributed by atoms with Crippen LogP contribution in [0.1, 0.15) is 11.1 Å². The molecule has 1 N–H and O–H groups in total. The lowest BCUT2D eigenvalue weighted by Crippen LogP contribution is -2.44. The Hall–Kier alpha value is -4.06. The number of ether oxygens (including phenoxy) is 2. The van der Waals surface area contributed by atoms with Crippen LogP contribution >= 0.6 is 0 Å². The first-order valence-corrected chi connectivity index (χ1v) is 9.89. The first-order chi connectivity index (χ1) is 15.1. The van der Waals surface area contributed by atoms with Crippen LogP contribution in [0.2, 0.25) is 0 Å². The molecule has 156 valence electrons. The zero-order valence-electron chi connectivity index (χ0n) is 17.1. The maximum absolute atomic E-state index is 13.2. The van der Waals surface area contributed by atoms with Crippen LogP contribution in [0, 0.1) is 0 Å². The van der Waals surface area contributed by atoms with Crippen LogP contribution in [0.25, 0.3) is 6.08 Å². The summed E-state index contributed by atoms with van der Waals surface area (Å²) in [4.78, 5) is 27.2. The molecular formula is C25H22N2O4. The van der Waals surface area contributed by atoms with E-state index in [1.54, 1.807) is 25.3 Å². The first-order valence-electron chi connectivity index (χ1n) is 9.89. The summed E-state index contributed by atoms with van der Waals surface area (Å²) in [6.45, 7) is 0.292. The molecule has 0 unspecified atom stereocenters. The summed E-state index contributed by atoms with van der Waals surface area (Å²) < 4.78 is 11.0. The van der Waals surface area contributed by atoms with Crippen LogP contribution in [0.4, 0.5) is 5.69 Å². The standard InChI is InChI=1S/C25H22N2O4/c1-30-20-13-11-18(12-14-20)15-23-25(29)27(21-9-5-6-10-22(21)31-23)17-24(28)26-16-19-7-3-2-4-8-19/h2-15H,16-17H2,1H3,(H,26,28). The van der Waals surface area contributed by atoms with Crippen LogP contribution < -0.4 is 19.7 Å². The third-order valence-corrected chi connectivity index (χ3v) is 4.88. The molecule has 1 heterocycles. The number of anilines is 1. The fraction of sp³-hybridized carbons (Fsp3) is 0.120. The van der Waals surface area contributed by atoms with Crippen molar-refractivity contribution in [2.45, 2.75) is 6.54 Å². The summed E-state index contributed by atoms with van der Waals surface area (Å²) in [6, 6.07) is 24.1. The highest BCUT2D eigenvalue weighted by molar-refractivity contribution is 6.12. The SMILES string of the molecule is COc1ccc(C=C2Oc3ccccc3N(CC(=O)NCc3ccccc3)C2=O)cc1. The summed E-state index contributed by atoms with van der Waals surface area (Å²) in [5.74, 6) is 0.777. The first kappa shape index (κ1) is 20.2. The quantitative estimate of drug-likeness (QED) is 0.624. The van der Waals surface area contributed by atoms with Crippen LogP contribution in [0.5, 0.6) is 11.5 Å². The van der Waals surface area contributed by atoms with Crippen molar-refractivity contribution in [2.24, 2.45) is 0 Å². The van der Waals surface area contributed by atoms with E-state index >= 15 is 0 Å². The van der Waals surface area contributed by atoms with Crippen molar-refractivity contribution in [3.05, 3.63) is 95.7 Å². The molecule has 31 heavy (non-hydrogen) atoms. The van der Waals surface area contributed by atoms with Crippen LogP contribution in [-0.4, -0.2) is 25.5 Å². The van der Waals surface area contributed by atoms with Gasteiger partial charge >= 0.3 is 0 Å². The van der Waals surface area contributed by atoms with E-state index in [0.29, 0.717) is 18.0 Å². The molecule has 0 fully saturated rings. The molecule has 6 nitrogen and oxygen atoms in total. The van der Waals surface area contributed by atoms with E-state index in [-0.39, 0.29) is 24.1 Å². The zero-order valence-corrected chi connectivity index (χ0v) is 17.1. The molecule has 2 amide bonds. The monoisotopic (exact) mass is 414 g/mol. The second-order valence-electron chi connectivity index (χ2n) is 7.01. The maximum Gasteiger partial charge on any atom is 0.294 e. The number of carbonyl (C=O) groups is 2. The molecule has 0 saturated heterocycles. The summed E-state index contributed by atoms with van der Waals surface area (Å²) in [5.41, 5.74) is 2.34. The summed E-state index contributed by atoms with van der Waals surface area (Å²) >= 11 is 0. The number of benzene rings is 3. The van der Waals surface area contributed by atoms with Gasteiger partial charge in [-0.05, 0) is 41.5 Å². The highest BCUT2D eigenvalue weighted by Gasteiger charge is 2.31. The number of hydrogen-bond donors (Lipinski definition) is 1. The second-order valence-corrected chi connectivity index (χ2v) is 7.01. The molecule has 0 spiro atoms. The normalized spacial score (nSPS) is 14.0. The van der Waals surface area contributed by atoms with Gasteiger partial charge in [0.05, 0.1) is 12.8 Å². The lowest BCUT2D eigenvalue weighted by molar-refractivity contribution is -0.123. The number of rotatable bonds is 6. The van der Waals surface area contributed by atoms with E-state index in [1.165, 1.54) is 4.90 Å². The number of nitrogens with one attached hydrogen (secondary N) is 1. The number of hydrogen-bond acceptors (Lipinski definition) is 4. The molecule has 0 aliphatic carbocycles. The fourth-order valence-electron chi connectivity index (χ4n) is 3.27. The number of fused-ring (bicyclic) bond motifs is 1. The molecule has 6 heteroatoms. The lowest BCUT2D eigenvalue weighted by atomic mass is 10.1. The average molecular weight is 414 g/mol. The minimum absolute atomic E-state index is 0.105. The highest BCUT2D eigenvalue weighted by atomic mass is 16.5. The molecule has 3 aromatic rings. The Kier molecular flexibility index (Phi) is 5.98. The molecule has 4 rings (SSSR count). The molecule has 1 aliphatic rings. The van der Waals surface area contributed by atoms with E-state index in [4.69, 9.17) is 9.47 Å². The minimum Gasteiger partial charge on any atom is -0.497 e. The van der Waals surface area contributed by atoms with Gasteiger partial charge in [0.2, 0.25) is 5.91 Å². The smallest absolute Gasteiger partial charge is 0.294 e. The second kappa shape index (κ2) is 9.17. The summed E-state index contributed by atoms with van der Waals surface area (Å²) in [6.07, 6.45) is 1.66. The van der Waals surface area contributed by atoms with E-state index in [1.807, 2.05) is 66.7 Å². The highest BCUT2D eigenvalue weighted by Crippen LogP contribution is 2.35. The van der Waals surface area contributed by atoms with Crippen molar-refractivity contribution in [1.29, 1.82) is 0 Å². The zero-order chi connectivity index (χ0) is 21.6. The fourth-order valence-corrected chi connectivity index (χ4v) is 3.27. The van der Waals surface area contributed by atoms with Crippen molar-refractivity contribution in [2.75, 3.05) is 18.6 Å². The summed E-state index contributed by atoms with van der Waals surface area (Å²) in [7, 11) is 1.60.